The van der Waals surface area contributed by atoms with Gasteiger partial charge in [-0.2, -0.15) is 0 Å². The molecular formula is C12H13ClN2OS. The number of aromatic nitrogens is 2. The molecule has 0 aliphatic heterocycles. The van der Waals surface area contributed by atoms with Crippen molar-refractivity contribution in [3.8, 4) is 0 Å². The van der Waals surface area contributed by atoms with Gasteiger partial charge in [-0.25, -0.2) is 4.98 Å². The smallest absolute Gasteiger partial charge is 0.195 e. The molecule has 90 valence electrons. The van der Waals surface area contributed by atoms with E-state index in [0.717, 1.165) is 22.8 Å². The molecule has 2 unspecified atom stereocenters. The van der Waals surface area contributed by atoms with Crippen LogP contribution in [0.3, 0.4) is 0 Å². The fourth-order valence-corrected chi connectivity index (χ4v) is 3.66. The molecule has 1 fully saturated rings. The second-order valence-corrected chi connectivity index (χ2v) is 5.75. The summed E-state index contributed by atoms with van der Waals surface area (Å²) >= 11 is 7.78. The molecule has 0 spiro atoms. The van der Waals surface area contributed by atoms with Gasteiger partial charge in [-0.3, -0.25) is 9.20 Å². The first-order valence-electron chi connectivity index (χ1n) is 5.78. The van der Waals surface area contributed by atoms with Crippen LogP contribution in [0, 0.1) is 12.8 Å². The molecule has 2 aromatic heterocycles. The zero-order valence-corrected chi connectivity index (χ0v) is 11.3. The van der Waals surface area contributed by atoms with Gasteiger partial charge in [0.2, 0.25) is 0 Å². The van der Waals surface area contributed by atoms with Crippen LogP contribution >= 0.6 is 22.9 Å². The molecule has 0 N–H and O–H groups in total. The Morgan fingerprint density at radius 2 is 2.47 bits per heavy atom. The molecule has 0 saturated heterocycles. The Bertz CT molecular complexity index is 601. The molecule has 1 saturated carbocycles. The van der Waals surface area contributed by atoms with Crippen molar-refractivity contribution in [2.45, 2.75) is 32.6 Å². The van der Waals surface area contributed by atoms with Crippen LogP contribution in [0.1, 0.15) is 37.1 Å². The Kier molecular flexibility index (Phi) is 2.52. The van der Waals surface area contributed by atoms with Gasteiger partial charge in [0.25, 0.3) is 0 Å². The summed E-state index contributed by atoms with van der Waals surface area (Å²) < 4.78 is 2.10. The van der Waals surface area contributed by atoms with E-state index in [1.807, 2.05) is 13.8 Å². The van der Waals surface area contributed by atoms with Crippen molar-refractivity contribution < 1.29 is 4.79 Å². The summed E-state index contributed by atoms with van der Waals surface area (Å²) in [5, 5.41) is 2.64. The predicted octanol–water partition coefficient (Wildman–Crippen LogP) is 3.44. The van der Waals surface area contributed by atoms with E-state index in [4.69, 9.17) is 11.6 Å². The number of ketones is 1. The SMILES string of the molecule is CCC(=O)C1CC1c1c(Cl)nc2scc(C)n12. The van der Waals surface area contributed by atoms with E-state index in [1.54, 1.807) is 11.3 Å². The zero-order valence-electron chi connectivity index (χ0n) is 9.74. The summed E-state index contributed by atoms with van der Waals surface area (Å²) in [6, 6.07) is 0. The number of fused-ring (bicyclic) bond motifs is 1. The van der Waals surface area contributed by atoms with Crippen LogP contribution < -0.4 is 0 Å². The Labute approximate surface area is 108 Å². The van der Waals surface area contributed by atoms with Crippen molar-refractivity contribution in [3.63, 3.8) is 0 Å². The third-order valence-electron chi connectivity index (χ3n) is 3.43. The third-order valence-corrected chi connectivity index (χ3v) is 4.65. The van der Waals surface area contributed by atoms with E-state index < -0.39 is 0 Å². The number of rotatable bonds is 3. The van der Waals surface area contributed by atoms with Crippen molar-refractivity contribution in [2.24, 2.45) is 5.92 Å². The van der Waals surface area contributed by atoms with Gasteiger partial charge in [0.15, 0.2) is 10.1 Å². The van der Waals surface area contributed by atoms with Gasteiger partial charge in [-0.1, -0.05) is 18.5 Å². The lowest BCUT2D eigenvalue weighted by molar-refractivity contribution is -0.120. The van der Waals surface area contributed by atoms with Crippen molar-refractivity contribution in [2.75, 3.05) is 0 Å². The molecule has 2 atom stereocenters. The largest absolute Gasteiger partial charge is 0.299 e. The fraction of sp³-hybridized carbons (Fsp3) is 0.500. The van der Waals surface area contributed by atoms with Gasteiger partial charge in [0.05, 0.1) is 5.69 Å². The van der Waals surface area contributed by atoms with Crippen molar-refractivity contribution in [1.82, 2.24) is 9.38 Å². The van der Waals surface area contributed by atoms with Gasteiger partial charge >= 0.3 is 0 Å². The van der Waals surface area contributed by atoms with E-state index in [0.29, 0.717) is 17.4 Å². The molecule has 5 heteroatoms. The standard InChI is InChI=1S/C12H13ClN2OS/c1-3-9(16)7-4-8(7)10-11(13)14-12-15(10)6(2)5-17-12/h5,7-8H,3-4H2,1-2H3. The van der Waals surface area contributed by atoms with Crippen molar-refractivity contribution in [1.29, 1.82) is 0 Å². The van der Waals surface area contributed by atoms with Gasteiger partial charge in [-0.15, -0.1) is 11.3 Å². The summed E-state index contributed by atoms with van der Waals surface area (Å²) in [6.45, 7) is 3.96. The van der Waals surface area contributed by atoms with Crippen molar-refractivity contribution in [3.05, 3.63) is 21.9 Å². The van der Waals surface area contributed by atoms with Crippen LogP contribution in [0.4, 0.5) is 0 Å². The second-order valence-electron chi connectivity index (χ2n) is 4.55. The maximum atomic E-state index is 11.7. The lowest BCUT2D eigenvalue weighted by Gasteiger charge is -2.00. The average Bonchev–Trinajstić information content (AvgIpc) is 2.92. The minimum atomic E-state index is 0.164. The third kappa shape index (κ3) is 1.62. The highest BCUT2D eigenvalue weighted by Gasteiger charge is 2.46. The Morgan fingerprint density at radius 1 is 1.71 bits per heavy atom. The monoisotopic (exact) mass is 268 g/mol. The molecule has 1 aliphatic rings. The van der Waals surface area contributed by atoms with Crippen LogP contribution in [-0.4, -0.2) is 15.2 Å². The average molecular weight is 269 g/mol. The molecule has 3 nitrogen and oxygen atoms in total. The number of hydrogen-bond acceptors (Lipinski definition) is 3. The first kappa shape index (κ1) is 11.2. The molecule has 2 aromatic rings. The molecule has 0 bridgehead atoms. The van der Waals surface area contributed by atoms with Gasteiger partial charge in [0.1, 0.15) is 5.78 Å². The van der Waals surface area contributed by atoms with Gasteiger partial charge in [0, 0.05) is 29.3 Å². The molecule has 17 heavy (non-hydrogen) atoms. The maximum Gasteiger partial charge on any atom is 0.195 e. The fourth-order valence-electron chi connectivity index (χ4n) is 2.43. The number of carbonyl (C=O) groups is 1. The first-order chi connectivity index (χ1) is 8.13. The number of carbonyl (C=O) groups excluding carboxylic acids is 1. The molecule has 3 rings (SSSR count). The lowest BCUT2D eigenvalue weighted by Crippen LogP contribution is -2.01. The number of Topliss-reactive ketones (excluding diaryl/α,β-unsaturated/α-hetero) is 1. The highest BCUT2D eigenvalue weighted by molar-refractivity contribution is 7.15. The Balaban J connectivity index is 2.04. The summed E-state index contributed by atoms with van der Waals surface area (Å²) in [4.78, 5) is 17.0. The topological polar surface area (TPSA) is 34.4 Å². The molecule has 0 radical (unpaired) electrons. The van der Waals surface area contributed by atoms with E-state index in [-0.39, 0.29) is 11.8 Å². The van der Waals surface area contributed by atoms with E-state index >= 15 is 0 Å². The van der Waals surface area contributed by atoms with Crippen molar-refractivity contribution >= 4 is 33.7 Å². The number of imidazole rings is 1. The highest BCUT2D eigenvalue weighted by Crippen LogP contribution is 2.51. The minimum absolute atomic E-state index is 0.164. The second kappa shape index (κ2) is 3.82. The quantitative estimate of drug-likeness (QED) is 0.855. The molecule has 2 heterocycles. The van der Waals surface area contributed by atoms with Crippen LogP contribution in [-0.2, 0) is 4.79 Å². The molecule has 0 amide bonds. The number of aryl methyl sites for hydroxylation is 1. The molecular weight excluding hydrogens is 256 g/mol. The predicted molar refractivity (Wildman–Crippen MR) is 69.0 cm³/mol. The van der Waals surface area contributed by atoms with E-state index in [2.05, 4.69) is 14.8 Å². The summed E-state index contributed by atoms with van der Waals surface area (Å²) in [7, 11) is 0. The van der Waals surface area contributed by atoms with Crippen LogP contribution in [0.15, 0.2) is 5.38 Å². The Hall–Kier alpha value is -0.870. The lowest BCUT2D eigenvalue weighted by atomic mass is 10.1. The zero-order chi connectivity index (χ0) is 12.2. The van der Waals surface area contributed by atoms with Gasteiger partial charge < -0.3 is 0 Å². The van der Waals surface area contributed by atoms with Crippen LogP contribution in [0.5, 0.6) is 0 Å². The van der Waals surface area contributed by atoms with E-state index in [9.17, 15) is 4.79 Å². The van der Waals surface area contributed by atoms with E-state index in [1.165, 1.54) is 0 Å². The Morgan fingerprint density at radius 3 is 3.18 bits per heavy atom. The molecule has 1 aliphatic carbocycles. The molecule has 0 aromatic carbocycles. The van der Waals surface area contributed by atoms with Crippen LogP contribution in [0.25, 0.3) is 4.96 Å². The first-order valence-corrected chi connectivity index (χ1v) is 7.04. The van der Waals surface area contributed by atoms with Crippen LogP contribution in [0.2, 0.25) is 5.15 Å². The summed E-state index contributed by atoms with van der Waals surface area (Å²) in [5.74, 6) is 0.781. The normalized spacial score (nSPS) is 23.2. The number of nitrogens with zero attached hydrogens (tertiary/aromatic N) is 2. The maximum absolute atomic E-state index is 11.7. The number of hydrogen-bond donors (Lipinski definition) is 0. The number of thiazole rings is 1. The minimum Gasteiger partial charge on any atom is -0.299 e. The number of halogens is 1. The van der Waals surface area contributed by atoms with Gasteiger partial charge in [-0.05, 0) is 13.3 Å². The summed E-state index contributed by atoms with van der Waals surface area (Å²) in [5.41, 5.74) is 2.18. The highest BCUT2D eigenvalue weighted by atomic mass is 35.5. The summed E-state index contributed by atoms with van der Waals surface area (Å²) in [6.07, 6.45) is 1.54.